The Labute approximate surface area is 108 Å². The second-order valence-electron chi connectivity index (χ2n) is 3.87. The van der Waals surface area contributed by atoms with E-state index in [1.807, 2.05) is 31.2 Å². The third-order valence-corrected chi connectivity index (χ3v) is 3.60. The van der Waals surface area contributed by atoms with Crippen molar-refractivity contribution in [2.75, 3.05) is 0 Å². The molecule has 1 unspecified atom stereocenters. The Bertz CT molecular complexity index is 662. The lowest BCUT2D eigenvalue weighted by Gasteiger charge is -2.03. The van der Waals surface area contributed by atoms with Gasteiger partial charge >= 0.3 is 0 Å². The van der Waals surface area contributed by atoms with E-state index in [4.69, 9.17) is 5.26 Å². The molecule has 0 saturated carbocycles. The minimum Gasteiger partial charge on any atom is -0.247 e. The molecule has 18 heavy (non-hydrogen) atoms. The normalized spacial score (nSPS) is 11.8. The highest BCUT2D eigenvalue weighted by atomic mass is 32.2. The van der Waals surface area contributed by atoms with E-state index in [2.05, 4.69) is 9.97 Å². The summed E-state index contributed by atoms with van der Waals surface area (Å²) >= 11 is 0. The Balaban J connectivity index is 2.46. The Hall–Kier alpha value is -2.06. The summed E-state index contributed by atoms with van der Waals surface area (Å²) in [6, 6.07) is 10.9. The first kappa shape index (κ1) is 12.4. The molecule has 0 bridgehead atoms. The number of hydrogen-bond acceptors (Lipinski definition) is 4. The van der Waals surface area contributed by atoms with Crippen LogP contribution in [0.5, 0.6) is 0 Å². The van der Waals surface area contributed by atoms with Gasteiger partial charge in [-0.1, -0.05) is 12.1 Å². The molecule has 90 valence electrons. The monoisotopic (exact) mass is 257 g/mol. The minimum absolute atomic E-state index is 0.0472. The summed E-state index contributed by atoms with van der Waals surface area (Å²) in [5, 5.41) is 9.17. The summed E-state index contributed by atoms with van der Waals surface area (Å²) in [4.78, 5) is 8.60. The molecular weight excluding hydrogens is 246 g/mol. The molecule has 0 aliphatic rings. The van der Waals surface area contributed by atoms with Gasteiger partial charge in [0.25, 0.3) is 0 Å². The minimum atomic E-state index is -1.38. The Morgan fingerprint density at radius 3 is 2.67 bits per heavy atom. The van der Waals surface area contributed by atoms with E-state index < -0.39 is 10.8 Å². The number of nitrogens with zero attached hydrogens (tertiary/aromatic N) is 3. The first-order valence-electron chi connectivity index (χ1n) is 5.34. The molecular formula is C13H11N3OS. The van der Waals surface area contributed by atoms with Crippen molar-refractivity contribution in [1.82, 2.24) is 9.97 Å². The van der Waals surface area contributed by atoms with Crippen LogP contribution in [0.4, 0.5) is 0 Å². The topological polar surface area (TPSA) is 66.6 Å². The van der Waals surface area contributed by atoms with Crippen molar-refractivity contribution in [1.29, 1.82) is 5.26 Å². The molecule has 5 heteroatoms. The third-order valence-electron chi connectivity index (χ3n) is 2.32. The second kappa shape index (κ2) is 5.07. The quantitative estimate of drug-likeness (QED) is 0.773. The number of rotatable bonds is 2. The number of aromatic nitrogens is 2. The fourth-order valence-electron chi connectivity index (χ4n) is 1.54. The number of benzene rings is 1. The molecule has 0 fully saturated rings. The van der Waals surface area contributed by atoms with Gasteiger partial charge in [0.15, 0.2) is 0 Å². The van der Waals surface area contributed by atoms with Crippen LogP contribution in [0.25, 0.3) is 0 Å². The van der Waals surface area contributed by atoms with Crippen LogP contribution in [0.3, 0.4) is 0 Å². The largest absolute Gasteiger partial charge is 0.247 e. The van der Waals surface area contributed by atoms with Crippen LogP contribution < -0.4 is 0 Å². The van der Waals surface area contributed by atoms with E-state index in [0.717, 1.165) is 5.56 Å². The lowest BCUT2D eigenvalue weighted by Crippen LogP contribution is -2.01. The van der Waals surface area contributed by atoms with Crippen LogP contribution in [0.1, 0.15) is 17.1 Å². The average molecular weight is 257 g/mol. The van der Waals surface area contributed by atoms with Crippen LogP contribution in [-0.2, 0) is 10.8 Å². The molecule has 1 aromatic heterocycles. The number of hydrogen-bond donors (Lipinski definition) is 0. The van der Waals surface area contributed by atoms with E-state index in [-0.39, 0.29) is 5.82 Å². The molecule has 0 spiro atoms. The Morgan fingerprint density at radius 2 is 2.00 bits per heavy atom. The van der Waals surface area contributed by atoms with E-state index in [0.29, 0.717) is 15.6 Å². The van der Waals surface area contributed by atoms with Crippen molar-refractivity contribution in [2.24, 2.45) is 0 Å². The lowest BCUT2D eigenvalue weighted by molar-refractivity contribution is 0.679. The number of aryl methyl sites for hydroxylation is 2. The van der Waals surface area contributed by atoms with Gasteiger partial charge in [-0.15, -0.1) is 0 Å². The maximum atomic E-state index is 12.3. The molecule has 0 saturated heterocycles. The van der Waals surface area contributed by atoms with Gasteiger partial charge in [-0.25, -0.2) is 14.2 Å². The fraction of sp³-hybridized carbons (Fsp3) is 0.154. The van der Waals surface area contributed by atoms with Gasteiger partial charge in [0.2, 0.25) is 5.82 Å². The predicted octanol–water partition coefficient (Wildman–Crippen LogP) is 2.13. The van der Waals surface area contributed by atoms with Crippen LogP contribution in [0, 0.1) is 25.2 Å². The zero-order valence-corrected chi connectivity index (χ0v) is 10.9. The van der Waals surface area contributed by atoms with Gasteiger partial charge in [0.1, 0.15) is 21.9 Å². The zero-order chi connectivity index (χ0) is 13.1. The summed E-state index contributed by atoms with van der Waals surface area (Å²) in [5.74, 6) is 0.0472. The second-order valence-corrected chi connectivity index (χ2v) is 5.30. The van der Waals surface area contributed by atoms with Gasteiger partial charge in [-0.3, -0.25) is 0 Å². The summed E-state index contributed by atoms with van der Waals surface area (Å²) in [5.41, 5.74) is 1.67. The van der Waals surface area contributed by atoms with Crippen LogP contribution in [0.2, 0.25) is 0 Å². The first-order chi connectivity index (χ1) is 8.60. The van der Waals surface area contributed by atoms with Crippen molar-refractivity contribution < 1.29 is 4.21 Å². The molecule has 0 radical (unpaired) electrons. The van der Waals surface area contributed by atoms with Gasteiger partial charge in [0, 0.05) is 10.6 Å². The maximum absolute atomic E-state index is 12.3. The first-order valence-corrected chi connectivity index (χ1v) is 6.49. The molecule has 1 atom stereocenters. The van der Waals surface area contributed by atoms with E-state index >= 15 is 0 Å². The molecule has 2 aromatic rings. The molecule has 1 heterocycles. The smallest absolute Gasteiger partial charge is 0.233 e. The highest BCUT2D eigenvalue weighted by Gasteiger charge is 2.11. The van der Waals surface area contributed by atoms with Crippen molar-refractivity contribution in [3.8, 4) is 6.07 Å². The van der Waals surface area contributed by atoms with Gasteiger partial charge in [-0.2, -0.15) is 5.26 Å². The Kier molecular flexibility index (Phi) is 3.49. The number of nitriles is 1. The van der Waals surface area contributed by atoms with Gasteiger partial charge < -0.3 is 0 Å². The molecule has 1 aromatic carbocycles. The summed E-state index contributed by atoms with van der Waals surface area (Å²) in [7, 11) is -1.38. The summed E-state index contributed by atoms with van der Waals surface area (Å²) in [6.45, 7) is 3.69. The maximum Gasteiger partial charge on any atom is 0.233 e. The van der Waals surface area contributed by atoms with E-state index in [9.17, 15) is 4.21 Å². The molecule has 2 rings (SSSR count). The molecule has 0 N–H and O–H groups in total. The van der Waals surface area contributed by atoms with Crippen molar-refractivity contribution in [2.45, 2.75) is 23.8 Å². The predicted molar refractivity (Wildman–Crippen MR) is 67.3 cm³/mol. The van der Waals surface area contributed by atoms with Crippen molar-refractivity contribution >= 4 is 10.8 Å². The van der Waals surface area contributed by atoms with E-state index in [1.165, 1.54) is 0 Å². The standard InChI is InChI=1S/C13H11N3OS/c1-9-4-3-5-11(6-9)18(17)13-7-10(2)15-12(8-14)16-13/h3-7H,1-2H3. The highest BCUT2D eigenvalue weighted by Crippen LogP contribution is 2.16. The van der Waals surface area contributed by atoms with E-state index in [1.54, 1.807) is 19.1 Å². The molecule has 4 nitrogen and oxygen atoms in total. The average Bonchev–Trinajstić information content (AvgIpc) is 2.37. The third kappa shape index (κ3) is 2.60. The lowest BCUT2D eigenvalue weighted by atomic mass is 10.2. The zero-order valence-electron chi connectivity index (χ0n) is 10.0. The summed E-state index contributed by atoms with van der Waals surface area (Å²) < 4.78 is 12.3. The van der Waals surface area contributed by atoms with Gasteiger partial charge in [-0.05, 0) is 37.6 Å². The summed E-state index contributed by atoms with van der Waals surface area (Å²) in [6.07, 6.45) is 0. The van der Waals surface area contributed by atoms with Crippen LogP contribution in [0.15, 0.2) is 40.3 Å². The SMILES string of the molecule is Cc1cccc(S(=O)c2cc(C)nc(C#N)n2)c1. The van der Waals surface area contributed by atoms with Crippen LogP contribution in [-0.4, -0.2) is 14.2 Å². The fourth-order valence-corrected chi connectivity index (χ4v) is 2.72. The molecule has 0 amide bonds. The van der Waals surface area contributed by atoms with Crippen molar-refractivity contribution in [3.05, 3.63) is 47.4 Å². The molecule has 0 aliphatic carbocycles. The Morgan fingerprint density at radius 1 is 1.22 bits per heavy atom. The van der Waals surface area contributed by atoms with Crippen LogP contribution >= 0.6 is 0 Å². The van der Waals surface area contributed by atoms with Gasteiger partial charge in [0.05, 0.1) is 0 Å². The van der Waals surface area contributed by atoms with Crippen molar-refractivity contribution in [3.63, 3.8) is 0 Å². The molecule has 0 aliphatic heterocycles. The highest BCUT2D eigenvalue weighted by molar-refractivity contribution is 7.85.